The minimum absolute atomic E-state index is 0.0965. The van der Waals surface area contributed by atoms with E-state index in [2.05, 4.69) is 37.0 Å². The van der Waals surface area contributed by atoms with Gasteiger partial charge in [-0.1, -0.05) is 86.3 Å². The Balaban J connectivity index is 2.21. The summed E-state index contributed by atoms with van der Waals surface area (Å²) in [6.45, 7) is 10.3. The molecule has 0 aliphatic heterocycles. The van der Waals surface area contributed by atoms with Gasteiger partial charge in [0, 0.05) is 17.9 Å². The molecular formula is C26H32N2O2S2. The first-order valence-corrected chi connectivity index (χ1v) is 12.5. The minimum Gasteiger partial charge on any atom is -0.411 e. The molecule has 0 saturated heterocycles. The van der Waals surface area contributed by atoms with Gasteiger partial charge in [-0.3, -0.25) is 4.79 Å². The maximum Gasteiger partial charge on any atom is 0.261 e. The molecule has 0 saturated carbocycles. The Labute approximate surface area is 199 Å². The summed E-state index contributed by atoms with van der Waals surface area (Å²) in [6.07, 6.45) is 11.2. The molecule has 0 aliphatic rings. The molecule has 0 fully saturated rings. The van der Waals surface area contributed by atoms with Crippen molar-refractivity contribution in [3.63, 3.8) is 0 Å². The van der Waals surface area contributed by atoms with Crippen LogP contribution in [0.5, 0.6) is 0 Å². The van der Waals surface area contributed by atoms with E-state index in [-0.39, 0.29) is 5.91 Å². The van der Waals surface area contributed by atoms with Gasteiger partial charge in [-0.25, -0.2) is 0 Å². The number of nitrogens with zero attached hydrogens (tertiary/aromatic N) is 1. The summed E-state index contributed by atoms with van der Waals surface area (Å²) < 4.78 is 1.02. The lowest BCUT2D eigenvalue weighted by Gasteiger charge is -2.10. The van der Waals surface area contributed by atoms with Crippen LogP contribution < -0.4 is 5.32 Å². The molecule has 170 valence electrons. The second-order valence-electron chi connectivity index (χ2n) is 7.72. The molecule has 0 bridgehead atoms. The molecule has 1 heterocycles. The van der Waals surface area contributed by atoms with Gasteiger partial charge in [-0.2, -0.15) is 0 Å². The molecule has 0 aliphatic carbocycles. The number of nitrogens with one attached hydrogen (secondary N) is 1. The first-order valence-electron chi connectivity index (χ1n) is 10.7. The van der Waals surface area contributed by atoms with Crippen molar-refractivity contribution in [2.75, 3.05) is 5.75 Å². The van der Waals surface area contributed by atoms with Crippen molar-refractivity contribution in [3.8, 4) is 0 Å². The largest absolute Gasteiger partial charge is 0.411 e. The molecule has 1 aromatic heterocycles. The lowest BCUT2D eigenvalue weighted by Crippen LogP contribution is -2.22. The number of thioether (sulfide) groups is 1. The van der Waals surface area contributed by atoms with Gasteiger partial charge in [0.2, 0.25) is 0 Å². The second-order valence-corrected chi connectivity index (χ2v) is 10.1. The van der Waals surface area contributed by atoms with Crippen LogP contribution in [0, 0.1) is 12.8 Å². The number of benzene rings is 1. The predicted molar refractivity (Wildman–Crippen MR) is 138 cm³/mol. The summed E-state index contributed by atoms with van der Waals surface area (Å²) >= 11 is 3.18. The topological polar surface area (TPSA) is 61.7 Å². The van der Waals surface area contributed by atoms with E-state index < -0.39 is 0 Å². The summed E-state index contributed by atoms with van der Waals surface area (Å²) in [6, 6.07) is 9.86. The highest BCUT2D eigenvalue weighted by molar-refractivity contribution is 8.01. The Morgan fingerprint density at radius 2 is 2.00 bits per heavy atom. The lowest BCUT2D eigenvalue weighted by molar-refractivity contribution is 0.0954. The predicted octanol–water partition coefficient (Wildman–Crippen LogP) is 6.99. The molecule has 0 spiro atoms. The van der Waals surface area contributed by atoms with E-state index in [1.54, 1.807) is 17.8 Å². The fourth-order valence-corrected chi connectivity index (χ4v) is 5.68. The first-order chi connectivity index (χ1) is 15.5. The molecule has 2 aromatic rings. The van der Waals surface area contributed by atoms with E-state index in [0.717, 1.165) is 33.1 Å². The SMILES string of the molecule is C=C/C=C\C=C/CCSc1sc(C(=O)NCc2ccccc2)c(C)c1/C(CC(C)C)=N/O. The summed E-state index contributed by atoms with van der Waals surface area (Å²) in [7, 11) is 0. The van der Waals surface area contributed by atoms with Crippen LogP contribution in [0.1, 0.15) is 53.1 Å². The molecule has 0 radical (unpaired) electrons. The zero-order chi connectivity index (χ0) is 23.3. The number of oxime groups is 1. The van der Waals surface area contributed by atoms with E-state index in [1.807, 2.05) is 55.5 Å². The number of rotatable bonds is 12. The van der Waals surface area contributed by atoms with Crippen LogP contribution >= 0.6 is 23.1 Å². The normalized spacial score (nSPS) is 12.2. The van der Waals surface area contributed by atoms with Crippen LogP contribution in [0.15, 0.2) is 76.7 Å². The van der Waals surface area contributed by atoms with Gasteiger partial charge in [-0.05, 0) is 36.8 Å². The number of amides is 1. The minimum atomic E-state index is -0.0965. The van der Waals surface area contributed by atoms with Crippen LogP contribution in [0.3, 0.4) is 0 Å². The molecule has 0 atom stereocenters. The maximum atomic E-state index is 13.0. The summed E-state index contributed by atoms with van der Waals surface area (Å²) in [4.78, 5) is 13.6. The molecule has 2 rings (SSSR count). The van der Waals surface area contributed by atoms with Gasteiger partial charge in [0.1, 0.15) is 0 Å². The van der Waals surface area contributed by atoms with Crippen LogP contribution in [-0.2, 0) is 6.54 Å². The van der Waals surface area contributed by atoms with Crippen LogP contribution in [0.25, 0.3) is 0 Å². The molecule has 4 nitrogen and oxygen atoms in total. The summed E-state index contributed by atoms with van der Waals surface area (Å²) in [5, 5.41) is 16.4. The second kappa shape index (κ2) is 13.8. The highest BCUT2D eigenvalue weighted by atomic mass is 32.2. The highest BCUT2D eigenvalue weighted by Crippen LogP contribution is 2.38. The number of carbonyl (C=O) groups excluding carboxylic acids is 1. The smallest absolute Gasteiger partial charge is 0.261 e. The average molecular weight is 469 g/mol. The third-order valence-corrected chi connectivity index (χ3v) is 7.23. The van der Waals surface area contributed by atoms with Crippen molar-refractivity contribution in [3.05, 3.63) is 88.9 Å². The number of allylic oxidation sites excluding steroid dienone is 5. The van der Waals surface area contributed by atoms with Crippen molar-refractivity contribution < 1.29 is 10.0 Å². The van der Waals surface area contributed by atoms with E-state index >= 15 is 0 Å². The quantitative estimate of drug-likeness (QED) is 0.0881. The van der Waals surface area contributed by atoms with Crippen LogP contribution in [-0.4, -0.2) is 22.6 Å². The molecule has 6 heteroatoms. The van der Waals surface area contributed by atoms with Crippen molar-refractivity contribution in [2.45, 2.75) is 44.4 Å². The van der Waals surface area contributed by atoms with Gasteiger partial charge < -0.3 is 10.5 Å². The third kappa shape index (κ3) is 7.84. The molecule has 32 heavy (non-hydrogen) atoms. The Hall–Kier alpha value is -2.57. The molecule has 1 amide bonds. The first kappa shape index (κ1) is 25.7. The van der Waals surface area contributed by atoms with Gasteiger partial charge in [0.05, 0.1) is 14.8 Å². The standard InChI is InChI=1S/C26H32N2O2S2/c1-5-6-7-8-9-13-16-31-26-23(22(28-30)17-19(2)3)20(4)24(32-26)25(29)27-18-21-14-11-10-12-15-21/h5-12,14-15,19,30H,1,13,16-18H2,2-4H3,(H,27,29)/b7-6-,9-8-,28-22+. The van der Waals surface area contributed by atoms with Crippen LogP contribution in [0.2, 0.25) is 0 Å². The molecular weight excluding hydrogens is 436 g/mol. The monoisotopic (exact) mass is 468 g/mol. The molecule has 0 unspecified atom stereocenters. The fourth-order valence-electron chi connectivity index (χ4n) is 3.11. The number of carbonyl (C=O) groups is 1. The van der Waals surface area contributed by atoms with Gasteiger partial charge in [0.15, 0.2) is 0 Å². The van der Waals surface area contributed by atoms with Crippen molar-refractivity contribution in [1.29, 1.82) is 0 Å². The highest BCUT2D eigenvalue weighted by Gasteiger charge is 2.24. The zero-order valence-corrected chi connectivity index (χ0v) is 20.6. The Morgan fingerprint density at radius 1 is 1.25 bits per heavy atom. The average Bonchev–Trinajstić information content (AvgIpc) is 3.11. The molecule has 2 N–H and O–H groups in total. The Kier molecular flexibility index (Phi) is 11.0. The number of hydrogen-bond donors (Lipinski definition) is 2. The summed E-state index contributed by atoms with van der Waals surface area (Å²) in [5.41, 5.74) is 3.47. The number of hydrogen-bond acceptors (Lipinski definition) is 5. The zero-order valence-electron chi connectivity index (χ0n) is 19.0. The van der Waals surface area contributed by atoms with Crippen molar-refractivity contribution >= 4 is 34.7 Å². The van der Waals surface area contributed by atoms with Gasteiger partial charge >= 0.3 is 0 Å². The van der Waals surface area contributed by atoms with Gasteiger partial charge in [-0.15, -0.1) is 23.1 Å². The van der Waals surface area contributed by atoms with Crippen LogP contribution in [0.4, 0.5) is 0 Å². The molecule has 1 aromatic carbocycles. The van der Waals surface area contributed by atoms with Crippen molar-refractivity contribution in [1.82, 2.24) is 5.32 Å². The van der Waals surface area contributed by atoms with E-state index in [4.69, 9.17) is 0 Å². The number of thiophene rings is 1. The van der Waals surface area contributed by atoms with E-state index in [0.29, 0.717) is 29.5 Å². The van der Waals surface area contributed by atoms with E-state index in [9.17, 15) is 10.0 Å². The Morgan fingerprint density at radius 3 is 2.66 bits per heavy atom. The summed E-state index contributed by atoms with van der Waals surface area (Å²) in [5.74, 6) is 1.12. The maximum absolute atomic E-state index is 13.0. The van der Waals surface area contributed by atoms with Gasteiger partial charge in [0.25, 0.3) is 5.91 Å². The Bertz CT molecular complexity index is 973. The fraction of sp³-hybridized carbons (Fsp3) is 0.308. The lowest BCUT2D eigenvalue weighted by atomic mass is 9.99. The van der Waals surface area contributed by atoms with Crippen molar-refractivity contribution in [2.24, 2.45) is 11.1 Å². The van der Waals surface area contributed by atoms with E-state index in [1.165, 1.54) is 11.3 Å². The third-order valence-electron chi connectivity index (χ3n) is 4.64.